The van der Waals surface area contributed by atoms with Crippen molar-refractivity contribution in [2.45, 2.75) is 38.6 Å². The Bertz CT molecular complexity index is 577. The Morgan fingerprint density at radius 3 is 2.73 bits per heavy atom. The fraction of sp³-hybridized carbons (Fsp3) is 0.650. The van der Waals surface area contributed by atoms with Gasteiger partial charge < -0.3 is 20.1 Å². The lowest BCUT2D eigenvalue weighted by molar-refractivity contribution is 0.267. The first kappa shape index (κ1) is 20.4. The number of ether oxygens (including phenoxy) is 2. The molecule has 0 saturated carbocycles. The lowest BCUT2D eigenvalue weighted by Crippen LogP contribution is -2.45. The lowest BCUT2D eigenvalue weighted by atomic mass is 10.1. The molecule has 1 atom stereocenters. The van der Waals surface area contributed by atoms with E-state index in [4.69, 9.17) is 9.47 Å². The molecule has 6 heteroatoms. The number of nitrogens with zero attached hydrogens (tertiary/aromatic N) is 2. The summed E-state index contributed by atoms with van der Waals surface area (Å²) in [6, 6.07) is 6.73. The smallest absolute Gasteiger partial charge is 0.191 e. The minimum absolute atomic E-state index is 0.630. The van der Waals surface area contributed by atoms with Crippen molar-refractivity contribution >= 4 is 5.96 Å². The summed E-state index contributed by atoms with van der Waals surface area (Å²) < 4.78 is 10.6. The fourth-order valence-electron chi connectivity index (χ4n) is 3.51. The topological polar surface area (TPSA) is 58.1 Å². The van der Waals surface area contributed by atoms with Crippen LogP contribution in [-0.2, 0) is 6.42 Å². The van der Waals surface area contributed by atoms with Crippen molar-refractivity contribution in [2.24, 2.45) is 4.99 Å². The van der Waals surface area contributed by atoms with E-state index >= 15 is 0 Å². The quantitative estimate of drug-likeness (QED) is 0.401. The molecule has 0 aromatic heterocycles. The van der Waals surface area contributed by atoms with Gasteiger partial charge >= 0.3 is 0 Å². The highest BCUT2D eigenvalue weighted by molar-refractivity contribution is 5.79. The molecule has 1 fully saturated rings. The Morgan fingerprint density at radius 1 is 1.23 bits per heavy atom. The number of aliphatic imine (C=N–C) groups is 1. The zero-order valence-electron chi connectivity index (χ0n) is 16.7. The van der Waals surface area contributed by atoms with E-state index in [-0.39, 0.29) is 0 Å². The molecule has 0 aliphatic carbocycles. The highest BCUT2D eigenvalue weighted by Gasteiger charge is 2.22. The van der Waals surface area contributed by atoms with Crippen LogP contribution in [0.1, 0.15) is 31.7 Å². The van der Waals surface area contributed by atoms with Crippen LogP contribution >= 0.6 is 0 Å². The summed E-state index contributed by atoms with van der Waals surface area (Å²) in [6.45, 7) is 6.43. The number of benzene rings is 1. The van der Waals surface area contributed by atoms with Gasteiger partial charge in [0.1, 0.15) is 0 Å². The highest BCUT2D eigenvalue weighted by Crippen LogP contribution is 2.27. The number of likely N-dealkylation sites (tertiary alicyclic amines) is 1. The average molecular weight is 363 g/mol. The van der Waals surface area contributed by atoms with Crippen molar-refractivity contribution in [2.75, 3.05) is 47.4 Å². The van der Waals surface area contributed by atoms with Crippen LogP contribution in [0.5, 0.6) is 11.5 Å². The second kappa shape index (κ2) is 10.9. The molecule has 1 heterocycles. The van der Waals surface area contributed by atoms with E-state index in [0.717, 1.165) is 49.9 Å². The van der Waals surface area contributed by atoms with Gasteiger partial charge in [-0.3, -0.25) is 9.89 Å². The maximum absolute atomic E-state index is 5.36. The molecule has 0 spiro atoms. The first-order valence-corrected chi connectivity index (χ1v) is 9.61. The van der Waals surface area contributed by atoms with Crippen LogP contribution in [0, 0.1) is 0 Å². The van der Waals surface area contributed by atoms with Crippen molar-refractivity contribution in [3.05, 3.63) is 23.8 Å². The third-order valence-corrected chi connectivity index (χ3v) is 5.02. The number of aryl methyl sites for hydroxylation is 1. The third-order valence-electron chi connectivity index (χ3n) is 5.02. The number of methoxy groups -OCH3 is 2. The van der Waals surface area contributed by atoms with E-state index in [1.165, 1.54) is 24.9 Å². The number of rotatable bonds is 9. The predicted molar refractivity (Wildman–Crippen MR) is 108 cm³/mol. The first-order valence-electron chi connectivity index (χ1n) is 9.61. The molecule has 0 amide bonds. The number of hydrogen-bond donors (Lipinski definition) is 2. The molecule has 2 N–H and O–H groups in total. The van der Waals surface area contributed by atoms with Gasteiger partial charge in [0.15, 0.2) is 17.5 Å². The molecule has 1 aliphatic rings. The van der Waals surface area contributed by atoms with E-state index < -0.39 is 0 Å². The third kappa shape index (κ3) is 5.80. The number of nitrogens with one attached hydrogen (secondary N) is 2. The first-order chi connectivity index (χ1) is 12.7. The van der Waals surface area contributed by atoms with E-state index in [9.17, 15) is 0 Å². The van der Waals surface area contributed by atoms with Gasteiger partial charge in [-0.1, -0.05) is 13.0 Å². The Morgan fingerprint density at radius 2 is 2.04 bits per heavy atom. The van der Waals surface area contributed by atoms with Gasteiger partial charge in [0.25, 0.3) is 0 Å². The minimum atomic E-state index is 0.630. The number of likely N-dealkylation sites (N-methyl/N-ethyl adjacent to an activating group) is 1. The largest absolute Gasteiger partial charge is 0.493 e. The predicted octanol–water partition coefficient (Wildman–Crippen LogP) is 2.29. The SMILES string of the molecule is CCN1CCCC1CNC(=NC)NCCCc1ccc(OC)c(OC)c1. The summed E-state index contributed by atoms with van der Waals surface area (Å²) in [5.41, 5.74) is 1.25. The van der Waals surface area contributed by atoms with Gasteiger partial charge in [-0.05, 0) is 56.5 Å². The van der Waals surface area contributed by atoms with Gasteiger partial charge in [0.05, 0.1) is 14.2 Å². The van der Waals surface area contributed by atoms with E-state index in [0.29, 0.717) is 6.04 Å². The molecule has 0 radical (unpaired) electrons. The second-order valence-corrected chi connectivity index (χ2v) is 6.60. The molecular weight excluding hydrogens is 328 g/mol. The van der Waals surface area contributed by atoms with Gasteiger partial charge in [0.2, 0.25) is 0 Å². The standard InChI is InChI=1S/C20H34N4O2/c1-5-24-13-7-9-17(24)15-23-20(21-2)22-12-6-8-16-10-11-18(25-3)19(14-16)26-4/h10-11,14,17H,5-9,12-13,15H2,1-4H3,(H2,21,22,23). The fourth-order valence-corrected chi connectivity index (χ4v) is 3.51. The molecule has 1 unspecified atom stereocenters. The van der Waals surface area contributed by atoms with Gasteiger partial charge in [-0.2, -0.15) is 0 Å². The van der Waals surface area contributed by atoms with Crippen LogP contribution in [0.15, 0.2) is 23.2 Å². The van der Waals surface area contributed by atoms with E-state index in [1.54, 1.807) is 14.2 Å². The summed E-state index contributed by atoms with van der Waals surface area (Å²) in [6.07, 6.45) is 4.59. The molecule has 1 saturated heterocycles. The zero-order chi connectivity index (χ0) is 18.8. The lowest BCUT2D eigenvalue weighted by Gasteiger charge is -2.24. The number of hydrogen-bond acceptors (Lipinski definition) is 4. The molecule has 1 aromatic carbocycles. The van der Waals surface area contributed by atoms with Crippen LogP contribution in [0.4, 0.5) is 0 Å². The van der Waals surface area contributed by atoms with Crippen molar-refractivity contribution in [3.8, 4) is 11.5 Å². The summed E-state index contributed by atoms with van der Waals surface area (Å²) >= 11 is 0. The molecule has 2 rings (SSSR count). The molecule has 146 valence electrons. The van der Waals surface area contributed by atoms with Crippen LogP contribution in [-0.4, -0.2) is 64.3 Å². The molecule has 1 aromatic rings. The second-order valence-electron chi connectivity index (χ2n) is 6.60. The van der Waals surface area contributed by atoms with E-state index in [2.05, 4.69) is 33.5 Å². The molecule has 6 nitrogen and oxygen atoms in total. The van der Waals surface area contributed by atoms with Crippen LogP contribution in [0.3, 0.4) is 0 Å². The minimum Gasteiger partial charge on any atom is -0.493 e. The molecule has 1 aliphatic heterocycles. The number of guanidine groups is 1. The zero-order valence-corrected chi connectivity index (χ0v) is 16.7. The van der Waals surface area contributed by atoms with Crippen molar-refractivity contribution < 1.29 is 9.47 Å². The van der Waals surface area contributed by atoms with Crippen LogP contribution in [0.2, 0.25) is 0 Å². The molecular formula is C20H34N4O2. The van der Waals surface area contributed by atoms with Gasteiger partial charge in [-0.15, -0.1) is 0 Å². The Balaban J connectivity index is 1.71. The van der Waals surface area contributed by atoms with Gasteiger partial charge in [-0.25, -0.2) is 0 Å². The average Bonchev–Trinajstić information content (AvgIpc) is 3.14. The van der Waals surface area contributed by atoms with Crippen molar-refractivity contribution in [3.63, 3.8) is 0 Å². The van der Waals surface area contributed by atoms with Crippen molar-refractivity contribution in [1.29, 1.82) is 0 Å². The summed E-state index contributed by atoms with van der Waals surface area (Å²) in [7, 11) is 5.16. The summed E-state index contributed by atoms with van der Waals surface area (Å²) in [4.78, 5) is 6.87. The highest BCUT2D eigenvalue weighted by atomic mass is 16.5. The molecule has 0 bridgehead atoms. The molecule has 26 heavy (non-hydrogen) atoms. The maximum atomic E-state index is 5.36. The maximum Gasteiger partial charge on any atom is 0.191 e. The normalized spacial score (nSPS) is 18.0. The van der Waals surface area contributed by atoms with Crippen LogP contribution < -0.4 is 20.1 Å². The Labute approximate surface area is 158 Å². The Kier molecular flexibility index (Phi) is 8.54. The Hall–Kier alpha value is -1.95. The summed E-state index contributed by atoms with van der Waals surface area (Å²) in [5.74, 6) is 2.44. The van der Waals surface area contributed by atoms with E-state index in [1.807, 2.05) is 19.2 Å². The van der Waals surface area contributed by atoms with Crippen LogP contribution in [0.25, 0.3) is 0 Å². The monoisotopic (exact) mass is 362 g/mol. The van der Waals surface area contributed by atoms with Crippen molar-refractivity contribution in [1.82, 2.24) is 15.5 Å². The summed E-state index contributed by atoms with van der Waals surface area (Å²) in [5, 5.41) is 6.88. The van der Waals surface area contributed by atoms with Gasteiger partial charge in [0, 0.05) is 26.2 Å².